The first-order chi connectivity index (χ1) is 6.62. The molecule has 1 N–H and O–H groups in total. The molecule has 0 radical (unpaired) electrons. The van der Waals surface area contributed by atoms with E-state index in [0.717, 1.165) is 19.7 Å². The van der Waals surface area contributed by atoms with Gasteiger partial charge in [-0.05, 0) is 20.1 Å². The molecule has 3 nitrogen and oxygen atoms in total. The number of hydrogen-bond donors (Lipinski definition) is 1. The van der Waals surface area contributed by atoms with Crippen LogP contribution >= 0.6 is 11.8 Å². The average molecular weight is 221 g/mol. The van der Waals surface area contributed by atoms with Crippen LogP contribution in [0, 0.1) is 0 Å². The summed E-state index contributed by atoms with van der Waals surface area (Å²) in [7, 11) is 1.68. The minimum atomic E-state index is 0.312. The Morgan fingerprint density at radius 3 is 2.50 bits per heavy atom. The molecule has 0 bridgehead atoms. The largest absolute Gasteiger partial charge is 0.382 e. The van der Waals surface area contributed by atoms with Gasteiger partial charge in [0.1, 0.15) is 0 Å². The van der Waals surface area contributed by atoms with Gasteiger partial charge >= 0.3 is 0 Å². The summed E-state index contributed by atoms with van der Waals surface area (Å²) in [6.07, 6.45) is 2.14. The Hall–Kier alpha value is 0.230. The SMILES string of the molecule is COCCOCCNCC(C)(C)SC. The highest BCUT2D eigenvalue weighted by Crippen LogP contribution is 2.19. The van der Waals surface area contributed by atoms with Crippen molar-refractivity contribution in [2.45, 2.75) is 18.6 Å². The van der Waals surface area contributed by atoms with E-state index in [1.807, 2.05) is 11.8 Å². The van der Waals surface area contributed by atoms with E-state index in [-0.39, 0.29) is 0 Å². The minimum absolute atomic E-state index is 0.312. The summed E-state index contributed by atoms with van der Waals surface area (Å²) < 4.78 is 10.5. The molecule has 14 heavy (non-hydrogen) atoms. The number of methoxy groups -OCH3 is 1. The van der Waals surface area contributed by atoms with Gasteiger partial charge in [0.15, 0.2) is 0 Å². The van der Waals surface area contributed by atoms with Gasteiger partial charge in [-0.15, -0.1) is 0 Å². The quantitative estimate of drug-likeness (QED) is 0.596. The molecule has 0 amide bonds. The molecule has 0 heterocycles. The second kappa shape index (κ2) is 8.53. The van der Waals surface area contributed by atoms with Crippen molar-refractivity contribution < 1.29 is 9.47 Å². The van der Waals surface area contributed by atoms with Gasteiger partial charge in [0.25, 0.3) is 0 Å². The Morgan fingerprint density at radius 2 is 1.93 bits per heavy atom. The summed E-state index contributed by atoms with van der Waals surface area (Å²) in [4.78, 5) is 0. The number of ether oxygens (including phenoxy) is 2. The van der Waals surface area contributed by atoms with Gasteiger partial charge in [-0.2, -0.15) is 11.8 Å². The molecule has 0 atom stereocenters. The van der Waals surface area contributed by atoms with Crippen LogP contribution in [0.25, 0.3) is 0 Å². The van der Waals surface area contributed by atoms with E-state index in [0.29, 0.717) is 18.0 Å². The predicted molar refractivity (Wildman–Crippen MR) is 63.2 cm³/mol. The van der Waals surface area contributed by atoms with Crippen molar-refractivity contribution >= 4 is 11.8 Å². The summed E-state index contributed by atoms with van der Waals surface area (Å²) in [6, 6.07) is 0. The van der Waals surface area contributed by atoms with Crippen molar-refractivity contribution in [3.63, 3.8) is 0 Å². The van der Waals surface area contributed by atoms with Crippen molar-refractivity contribution in [3.8, 4) is 0 Å². The Morgan fingerprint density at radius 1 is 1.21 bits per heavy atom. The van der Waals surface area contributed by atoms with E-state index in [1.54, 1.807) is 7.11 Å². The number of rotatable bonds is 9. The normalized spacial score (nSPS) is 12.0. The lowest BCUT2D eigenvalue weighted by atomic mass is 10.2. The molecule has 0 saturated carbocycles. The third kappa shape index (κ3) is 8.81. The standard InChI is InChI=1S/C10H23NO2S/c1-10(2,14-4)9-11-5-6-13-8-7-12-3/h11H,5-9H2,1-4H3. The van der Waals surface area contributed by atoms with Crippen LogP contribution in [0.5, 0.6) is 0 Å². The van der Waals surface area contributed by atoms with Crippen LogP contribution in [0.4, 0.5) is 0 Å². The maximum absolute atomic E-state index is 5.33. The first kappa shape index (κ1) is 14.2. The maximum atomic E-state index is 5.33. The van der Waals surface area contributed by atoms with Gasteiger partial charge in [-0.25, -0.2) is 0 Å². The number of hydrogen-bond acceptors (Lipinski definition) is 4. The van der Waals surface area contributed by atoms with Crippen LogP contribution in [0.2, 0.25) is 0 Å². The zero-order valence-electron chi connectivity index (χ0n) is 9.76. The fourth-order valence-electron chi connectivity index (χ4n) is 0.850. The van der Waals surface area contributed by atoms with Gasteiger partial charge < -0.3 is 14.8 Å². The van der Waals surface area contributed by atoms with E-state index >= 15 is 0 Å². The third-order valence-electron chi connectivity index (χ3n) is 1.96. The summed E-state index contributed by atoms with van der Waals surface area (Å²) in [6.45, 7) is 8.51. The highest BCUT2D eigenvalue weighted by atomic mass is 32.2. The lowest BCUT2D eigenvalue weighted by molar-refractivity contribution is 0.0719. The molecule has 0 fully saturated rings. The molecule has 0 aliphatic carbocycles. The van der Waals surface area contributed by atoms with Crippen LogP contribution in [0.1, 0.15) is 13.8 Å². The van der Waals surface area contributed by atoms with Crippen LogP contribution < -0.4 is 5.32 Å². The first-order valence-corrected chi connectivity index (χ1v) is 6.17. The Bertz CT molecular complexity index is 131. The van der Waals surface area contributed by atoms with Crippen molar-refractivity contribution in [3.05, 3.63) is 0 Å². The van der Waals surface area contributed by atoms with E-state index in [4.69, 9.17) is 9.47 Å². The summed E-state index contributed by atoms with van der Waals surface area (Å²) >= 11 is 1.88. The Balaban J connectivity index is 3.13. The number of thioether (sulfide) groups is 1. The monoisotopic (exact) mass is 221 g/mol. The highest BCUT2D eigenvalue weighted by Gasteiger charge is 2.14. The molecular weight excluding hydrogens is 198 g/mol. The molecule has 4 heteroatoms. The summed E-state index contributed by atoms with van der Waals surface area (Å²) in [5.74, 6) is 0. The van der Waals surface area contributed by atoms with Crippen LogP contribution in [-0.2, 0) is 9.47 Å². The average Bonchev–Trinajstić information content (AvgIpc) is 2.16. The van der Waals surface area contributed by atoms with Crippen LogP contribution in [0.3, 0.4) is 0 Å². The topological polar surface area (TPSA) is 30.5 Å². The van der Waals surface area contributed by atoms with Crippen LogP contribution in [0.15, 0.2) is 0 Å². The van der Waals surface area contributed by atoms with Gasteiger partial charge in [0.05, 0.1) is 19.8 Å². The molecule has 0 rings (SSSR count). The fourth-order valence-corrected chi connectivity index (χ4v) is 1.10. The third-order valence-corrected chi connectivity index (χ3v) is 3.21. The minimum Gasteiger partial charge on any atom is -0.382 e. The van der Waals surface area contributed by atoms with Crippen LogP contribution in [-0.4, -0.2) is 51.0 Å². The lowest BCUT2D eigenvalue weighted by Gasteiger charge is -2.22. The molecule has 0 unspecified atom stereocenters. The van der Waals surface area contributed by atoms with Gasteiger partial charge in [-0.3, -0.25) is 0 Å². The number of nitrogens with one attached hydrogen (secondary N) is 1. The summed E-state index contributed by atoms with van der Waals surface area (Å²) in [5, 5.41) is 3.37. The van der Waals surface area contributed by atoms with Crippen molar-refractivity contribution in [2.75, 3.05) is 46.3 Å². The Kier molecular flexibility index (Phi) is 8.67. The molecule has 0 aromatic carbocycles. The smallest absolute Gasteiger partial charge is 0.0700 e. The molecule has 0 spiro atoms. The first-order valence-electron chi connectivity index (χ1n) is 4.95. The van der Waals surface area contributed by atoms with Gasteiger partial charge in [0, 0.05) is 24.9 Å². The molecule has 86 valence electrons. The molecular formula is C10H23NO2S. The van der Waals surface area contributed by atoms with Gasteiger partial charge in [0.2, 0.25) is 0 Å². The lowest BCUT2D eigenvalue weighted by Crippen LogP contribution is -2.34. The molecule has 0 aromatic rings. The van der Waals surface area contributed by atoms with Crippen molar-refractivity contribution in [2.24, 2.45) is 0 Å². The zero-order chi connectivity index (χ0) is 10.9. The molecule has 0 aliphatic heterocycles. The summed E-state index contributed by atoms with van der Waals surface area (Å²) in [5.41, 5.74) is 0. The maximum Gasteiger partial charge on any atom is 0.0700 e. The molecule has 0 aromatic heterocycles. The van der Waals surface area contributed by atoms with E-state index in [1.165, 1.54) is 0 Å². The highest BCUT2D eigenvalue weighted by molar-refractivity contribution is 7.99. The predicted octanol–water partition coefficient (Wildman–Crippen LogP) is 1.38. The molecule has 0 aliphatic rings. The molecule has 0 saturated heterocycles. The van der Waals surface area contributed by atoms with Crippen molar-refractivity contribution in [1.82, 2.24) is 5.32 Å². The van der Waals surface area contributed by atoms with Crippen molar-refractivity contribution in [1.29, 1.82) is 0 Å². The van der Waals surface area contributed by atoms with E-state index in [9.17, 15) is 0 Å². The second-order valence-electron chi connectivity index (χ2n) is 3.75. The Labute approximate surface area is 91.9 Å². The van der Waals surface area contributed by atoms with Gasteiger partial charge in [-0.1, -0.05) is 0 Å². The van der Waals surface area contributed by atoms with E-state index in [2.05, 4.69) is 25.4 Å². The second-order valence-corrected chi connectivity index (χ2v) is 5.26. The van der Waals surface area contributed by atoms with E-state index < -0.39 is 0 Å². The fraction of sp³-hybridized carbons (Fsp3) is 1.00. The zero-order valence-corrected chi connectivity index (χ0v) is 10.6.